The van der Waals surface area contributed by atoms with E-state index in [2.05, 4.69) is 5.32 Å². The number of carbonyl (C=O) groups is 2. The lowest BCUT2D eigenvalue weighted by Gasteiger charge is -2.30. The second-order valence-electron chi connectivity index (χ2n) is 6.26. The number of amides is 1. The van der Waals surface area contributed by atoms with Crippen molar-refractivity contribution in [2.75, 3.05) is 19.5 Å². The SMILES string of the molecule is COc1ccc(NC(=O)[C@H]2[C@H]3CC[C@@H](C3)[C@@H]2C(=O)[O-])c(OC)c1. The molecule has 1 N–H and O–H groups in total. The fraction of sp³-hybridized carbons (Fsp3) is 0.529. The molecule has 2 fully saturated rings. The number of carboxylic acid groups (broad SMARTS) is 1. The van der Waals surface area contributed by atoms with Crippen molar-refractivity contribution >= 4 is 17.6 Å². The van der Waals surface area contributed by atoms with Crippen molar-refractivity contribution in [1.29, 1.82) is 0 Å². The summed E-state index contributed by atoms with van der Waals surface area (Å²) in [6.07, 6.45) is 2.59. The predicted molar refractivity (Wildman–Crippen MR) is 81.0 cm³/mol. The molecule has 1 amide bonds. The highest BCUT2D eigenvalue weighted by molar-refractivity contribution is 5.97. The molecule has 6 heteroatoms. The molecule has 0 aromatic heterocycles. The Morgan fingerprint density at radius 3 is 2.43 bits per heavy atom. The summed E-state index contributed by atoms with van der Waals surface area (Å²) in [5, 5.41) is 14.2. The molecule has 0 saturated heterocycles. The number of rotatable bonds is 5. The van der Waals surface area contributed by atoms with Gasteiger partial charge in [-0.25, -0.2) is 0 Å². The van der Waals surface area contributed by atoms with Gasteiger partial charge in [0.25, 0.3) is 0 Å². The number of hydrogen-bond acceptors (Lipinski definition) is 5. The van der Waals surface area contributed by atoms with Crippen LogP contribution in [0, 0.1) is 23.7 Å². The van der Waals surface area contributed by atoms with Crippen LogP contribution < -0.4 is 19.9 Å². The smallest absolute Gasteiger partial charge is 0.228 e. The van der Waals surface area contributed by atoms with Gasteiger partial charge < -0.3 is 24.7 Å². The average Bonchev–Trinajstić information content (AvgIpc) is 3.16. The number of carbonyl (C=O) groups excluding carboxylic acids is 2. The number of carboxylic acids is 1. The van der Waals surface area contributed by atoms with Crippen LogP contribution >= 0.6 is 0 Å². The summed E-state index contributed by atoms with van der Waals surface area (Å²) in [5.41, 5.74) is 0.512. The molecular formula is C17H20NO5-. The summed E-state index contributed by atoms with van der Waals surface area (Å²) in [7, 11) is 3.05. The number of hydrogen-bond donors (Lipinski definition) is 1. The molecule has 0 spiro atoms. The maximum Gasteiger partial charge on any atom is 0.228 e. The Hall–Kier alpha value is -2.24. The van der Waals surface area contributed by atoms with E-state index in [1.807, 2.05) is 0 Å². The molecule has 2 aliphatic carbocycles. The van der Waals surface area contributed by atoms with Crippen molar-refractivity contribution in [1.82, 2.24) is 0 Å². The van der Waals surface area contributed by atoms with Crippen molar-refractivity contribution in [2.45, 2.75) is 19.3 Å². The molecule has 0 aliphatic heterocycles. The van der Waals surface area contributed by atoms with Gasteiger partial charge in [0, 0.05) is 23.9 Å². The van der Waals surface area contributed by atoms with Crippen molar-refractivity contribution in [2.24, 2.45) is 23.7 Å². The van der Waals surface area contributed by atoms with Crippen molar-refractivity contribution in [3.05, 3.63) is 18.2 Å². The number of ether oxygens (including phenoxy) is 2. The Labute approximate surface area is 134 Å². The largest absolute Gasteiger partial charge is 0.550 e. The van der Waals surface area contributed by atoms with Gasteiger partial charge in [0.05, 0.1) is 19.9 Å². The summed E-state index contributed by atoms with van der Waals surface area (Å²) in [6, 6.07) is 5.08. The summed E-state index contributed by atoms with van der Waals surface area (Å²) >= 11 is 0. The van der Waals surface area contributed by atoms with Gasteiger partial charge in [-0.05, 0) is 43.2 Å². The van der Waals surface area contributed by atoms with Crippen molar-refractivity contribution < 1.29 is 24.2 Å². The summed E-state index contributed by atoms with van der Waals surface area (Å²) in [4.78, 5) is 24.1. The lowest BCUT2D eigenvalue weighted by atomic mass is 9.78. The molecule has 2 saturated carbocycles. The number of methoxy groups -OCH3 is 2. The third-order valence-corrected chi connectivity index (χ3v) is 5.16. The normalized spacial score (nSPS) is 28.4. The maximum atomic E-state index is 12.7. The first-order chi connectivity index (χ1) is 11.0. The van der Waals surface area contributed by atoms with Crippen LogP contribution in [-0.4, -0.2) is 26.1 Å². The Morgan fingerprint density at radius 1 is 1.13 bits per heavy atom. The topological polar surface area (TPSA) is 87.7 Å². The number of benzene rings is 1. The zero-order valence-corrected chi connectivity index (χ0v) is 13.2. The minimum absolute atomic E-state index is 0.0681. The van der Waals surface area contributed by atoms with E-state index in [0.29, 0.717) is 17.2 Å². The van der Waals surface area contributed by atoms with E-state index in [4.69, 9.17) is 9.47 Å². The number of nitrogens with one attached hydrogen (secondary N) is 1. The van der Waals surface area contributed by atoms with Crippen molar-refractivity contribution in [3.8, 4) is 11.5 Å². The van der Waals surface area contributed by atoms with Crippen LogP contribution in [0.25, 0.3) is 0 Å². The predicted octanol–water partition coefficient (Wildman–Crippen LogP) is 1.05. The Kier molecular flexibility index (Phi) is 4.15. The first-order valence-corrected chi connectivity index (χ1v) is 7.79. The molecule has 2 aliphatic rings. The van der Waals surface area contributed by atoms with Gasteiger partial charge in [0.15, 0.2) is 0 Å². The van der Waals surface area contributed by atoms with Gasteiger partial charge >= 0.3 is 0 Å². The number of anilines is 1. The van der Waals surface area contributed by atoms with Crippen LogP contribution in [0.4, 0.5) is 5.69 Å². The molecule has 0 radical (unpaired) electrons. The molecule has 1 aromatic carbocycles. The second kappa shape index (κ2) is 6.10. The minimum Gasteiger partial charge on any atom is -0.550 e. The lowest BCUT2D eigenvalue weighted by Crippen LogP contribution is -2.43. The first kappa shape index (κ1) is 15.6. The van der Waals surface area contributed by atoms with E-state index < -0.39 is 17.8 Å². The van der Waals surface area contributed by atoms with E-state index in [1.54, 1.807) is 25.3 Å². The third-order valence-electron chi connectivity index (χ3n) is 5.16. The highest BCUT2D eigenvalue weighted by Gasteiger charge is 2.51. The summed E-state index contributed by atoms with van der Waals surface area (Å²) < 4.78 is 10.4. The summed E-state index contributed by atoms with van der Waals surface area (Å²) in [6.45, 7) is 0. The molecule has 0 heterocycles. The van der Waals surface area contributed by atoms with Crippen LogP contribution in [-0.2, 0) is 9.59 Å². The average molecular weight is 318 g/mol. The van der Waals surface area contributed by atoms with Crippen LogP contribution in [0.5, 0.6) is 11.5 Å². The maximum absolute atomic E-state index is 12.7. The monoisotopic (exact) mass is 318 g/mol. The third kappa shape index (κ3) is 2.73. The van der Waals surface area contributed by atoms with Gasteiger partial charge in [-0.3, -0.25) is 4.79 Å². The minimum atomic E-state index is -1.11. The zero-order chi connectivity index (χ0) is 16.6. The molecule has 0 unspecified atom stereocenters. The Balaban J connectivity index is 1.80. The quantitative estimate of drug-likeness (QED) is 0.877. The fourth-order valence-corrected chi connectivity index (χ4v) is 4.13. The van der Waals surface area contributed by atoms with Crippen LogP contribution in [0.2, 0.25) is 0 Å². The molecule has 2 bridgehead atoms. The first-order valence-electron chi connectivity index (χ1n) is 7.79. The van der Waals surface area contributed by atoms with Gasteiger partial charge in [-0.1, -0.05) is 0 Å². The van der Waals surface area contributed by atoms with E-state index in [1.165, 1.54) is 7.11 Å². The molecular weight excluding hydrogens is 298 g/mol. The Morgan fingerprint density at radius 2 is 1.83 bits per heavy atom. The number of fused-ring (bicyclic) bond motifs is 2. The molecule has 124 valence electrons. The molecule has 23 heavy (non-hydrogen) atoms. The molecule has 4 atom stereocenters. The standard InChI is InChI=1S/C17H21NO5/c1-22-11-5-6-12(13(8-11)23-2)18-16(19)14-9-3-4-10(7-9)15(14)17(20)21/h5-6,8-10,14-15H,3-4,7H2,1-2H3,(H,18,19)(H,20,21)/p-1/t9-,10-,14-,15-/m0/s1. The van der Waals surface area contributed by atoms with E-state index >= 15 is 0 Å². The highest BCUT2D eigenvalue weighted by atomic mass is 16.5. The highest BCUT2D eigenvalue weighted by Crippen LogP contribution is 2.52. The van der Waals surface area contributed by atoms with Crippen LogP contribution in [0.15, 0.2) is 18.2 Å². The molecule has 3 rings (SSSR count). The van der Waals surface area contributed by atoms with Gasteiger partial charge in [0.1, 0.15) is 11.5 Å². The van der Waals surface area contributed by atoms with Crippen LogP contribution in [0.1, 0.15) is 19.3 Å². The summed E-state index contributed by atoms with van der Waals surface area (Å²) in [5.74, 6) is -1.29. The lowest BCUT2D eigenvalue weighted by molar-refractivity contribution is -0.314. The fourth-order valence-electron chi connectivity index (χ4n) is 4.13. The van der Waals surface area contributed by atoms with Crippen molar-refractivity contribution in [3.63, 3.8) is 0 Å². The molecule has 1 aromatic rings. The van der Waals surface area contributed by atoms with Gasteiger partial charge in [0.2, 0.25) is 5.91 Å². The number of aliphatic carboxylic acids is 1. The van der Waals surface area contributed by atoms with Gasteiger partial charge in [-0.2, -0.15) is 0 Å². The molecule has 6 nitrogen and oxygen atoms in total. The van der Waals surface area contributed by atoms with Gasteiger partial charge in [-0.15, -0.1) is 0 Å². The van der Waals surface area contributed by atoms with E-state index in [0.717, 1.165) is 19.3 Å². The Bertz CT molecular complexity index is 629. The van der Waals surface area contributed by atoms with E-state index in [-0.39, 0.29) is 17.7 Å². The second-order valence-corrected chi connectivity index (χ2v) is 6.26. The van der Waals surface area contributed by atoms with Crippen LogP contribution in [0.3, 0.4) is 0 Å². The zero-order valence-electron chi connectivity index (χ0n) is 13.2. The van der Waals surface area contributed by atoms with E-state index in [9.17, 15) is 14.7 Å².